The number of rotatable bonds is 5. The molecule has 2 spiro atoms. The van der Waals surface area contributed by atoms with Gasteiger partial charge in [0.1, 0.15) is 11.0 Å². The fourth-order valence-electron chi connectivity index (χ4n) is 11.1. The molecule has 1 nitrogen and oxygen atoms in total. The summed E-state index contributed by atoms with van der Waals surface area (Å²) in [7, 11) is 0.581. The van der Waals surface area contributed by atoms with Crippen molar-refractivity contribution in [2.24, 2.45) is 50.7 Å². The van der Waals surface area contributed by atoms with Crippen LogP contribution >= 0.6 is 0 Å². The highest BCUT2D eigenvalue weighted by Gasteiger charge is 2.82. The van der Waals surface area contributed by atoms with Crippen LogP contribution in [-0.4, -0.2) is 28.5 Å². The quantitative estimate of drug-likeness (QED) is 0.421. The Morgan fingerprint density at radius 3 is 2.16 bits per heavy atom. The van der Waals surface area contributed by atoms with Crippen LogP contribution in [0.4, 0.5) is 0 Å². The number of fused-ring (bicyclic) bond motifs is 2. The van der Waals surface area contributed by atoms with Gasteiger partial charge in [0.05, 0.1) is 12.4 Å². The van der Waals surface area contributed by atoms with Crippen molar-refractivity contribution >= 4 is 10.9 Å². The Hall–Kier alpha value is 0.310. The normalized spacial score (nSPS) is 53.1. The van der Waals surface area contributed by atoms with Gasteiger partial charge in [0.15, 0.2) is 0 Å². The summed E-state index contributed by atoms with van der Waals surface area (Å²) in [5.74, 6) is 4.98. The molecule has 0 amide bonds. The predicted molar refractivity (Wildman–Crippen MR) is 140 cm³/mol. The Labute approximate surface area is 202 Å². The molecule has 5 aliphatic carbocycles. The molecule has 5 aliphatic rings. The maximum Gasteiger partial charge on any atom is 0.112 e. The summed E-state index contributed by atoms with van der Waals surface area (Å²) in [4.78, 5) is 0. The van der Waals surface area contributed by atoms with E-state index in [1.54, 1.807) is 0 Å². The number of hydrogen-bond donors (Lipinski definition) is 1. The Balaban J connectivity index is 1.38. The van der Waals surface area contributed by atoms with Crippen LogP contribution in [0.1, 0.15) is 113 Å². The third-order valence-corrected chi connectivity index (χ3v) is 16.0. The maximum absolute atomic E-state index is 10.9. The van der Waals surface area contributed by atoms with Crippen molar-refractivity contribution in [2.75, 3.05) is 12.0 Å². The molecule has 5 saturated carbocycles. The zero-order valence-corrected chi connectivity index (χ0v) is 23.4. The maximum atomic E-state index is 10.9. The Morgan fingerprint density at radius 1 is 0.812 bits per heavy atom. The molecule has 0 heterocycles. The Bertz CT molecular complexity index is 745. The molecule has 184 valence electrons. The first-order chi connectivity index (χ1) is 14.9. The lowest BCUT2D eigenvalue weighted by molar-refractivity contribution is -0.161. The van der Waals surface area contributed by atoms with Crippen LogP contribution in [0.5, 0.6) is 0 Å². The molecule has 32 heavy (non-hydrogen) atoms. The van der Waals surface area contributed by atoms with Crippen molar-refractivity contribution in [3.05, 3.63) is 0 Å². The van der Waals surface area contributed by atoms with Gasteiger partial charge in [0, 0.05) is 0 Å². The van der Waals surface area contributed by atoms with Crippen molar-refractivity contribution in [3.8, 4) is 0 Å². The predicted octanol–water partition coefficient (Wildman–Crippen LogP) is 7.47. The zero-order chi connectivity index (χ0) is 23.3. The summed E-state index contributed by atoms with van der Waals surface area (Å²) in [6.07, 6.45) is 16.5. The van der Waals surface area contributed by atoms with Gasteiger partial charge < -0.3 is 5.11 Å². The van der Waals surface area contributed by atoms with Crippen LogP contribution in [0.15, 0.2) is 0 Å². The molecule has 0 aliphatic heterocycles. The van der Waals surface area contributed by atoms with E-state index in [9.17, 15) is 5.11 Å². The van der Waals surface area contributed by atoms with Gasteiger partial charge in [-0.2, -0.15) is 0 Å². The van der Waals surface area contributed by atoms with E-state index in [1.165, 1.54) is 63.5 Å². The van der Waals surface area contributed by atoms with Gasteiger partial charge in [-0.25, -0.2) is 0 Å². The first-order valence-corrected chi connectivity index (χ1v) is 16.0. The largest absolute Gasteiger partial charge is 0.393 e. The molecule has 10 atom stereocenters. The summed E-state index contributed by atoms with van der Waals surface area (Å²) in [6, 6.07) is 0. The Kier molecular flexibility index (Phi) is 5.56. The zero-order valence-electron chi connectivity index (χ0n) is 22.6. The lowest BCUT2D eigenvalue weighted by Gasteiger charge is -2.63. The van der Waals surface area contributed by atoms with Crippen LogP contribution in [0.25, 0.3) is 0 Å². The summed E-state index contributed by atoms with van der Waals surface area (Å²) in [6.45, 7) is 17.7. The van der Waals surface area contributed by atoms with Crippen LogP contribution in [-0.2, 0) is 10.9 Å². The first kappa shape index (κ1) is 24.0. The monoisotopic (exact) mass is 461 g/mol. The fraction of sp³-hybridized carbons (Fsp3) is 1.00. The van der Waals surface area contributed by atoms with Crippen molar-refractivity contribution < 1.29 is 5.11 Å². The average Bonchev–Trinajstić information content (AvgIpc) is 3.31. The molecule has 0 aromatic carbocycles. The van der Waals surface area contributed by atoms with E-state index >= 15 is 0 Å². The van der Waals surface area contributed by atoms with Gasteiger partial charge in [0.2, 0.25) is 0 Å². The second-order valence-corrected chi connectivity index (χ2v) is 17.5. The second kappa shape index (κ2) is 7.41. The second-order valence-electron chi connectivity index (χ2n) is 14.7. The van der Waals surface area contributed by atoms with E-state index in [-0.39, 0.29) is 11.5 Å². The van der Waals surface area contributed by atoms with Crippen molar-refractivity contribution in [2.45, 2.75) is 124 Å². The molecule has 5 rings (SSSR count). The highest BCUT2D eigenvalue weighted by molar-refractivity contribution is 7.96. The molecule has 0 aromatic rings. The van der Waals surface area contributed by atoms with Crippen molar-refractivity contribution in [1.29, 1.82) is 0 Å². The minimum Gasteiger partial charge on any atom is -0.393 e. The number of aliphatic hydroxyl groups excluding tert-OH is 1. The van der Waals surface area contributed by atoms with Gasteiger partial charge in [-0.1, -0.05) is 34.6 Å². The molecular weight excluding hydrogens is 408 g/mol. The van der Waals surface area contributed by atoms with Crippen LogP contribution < -0.4 is 0 Å². The van der Waals surface area contributed by atoms with Gasteiger partial charge >= 0.3 is 0 Å². The lowest BCUT2D eigenvalue weighted by Crippen LogP contribution is -2.57. The third kappa shape index (κ3) is 2.87. The standard InChI is InChI=1S/C30H53OS/c1-20(2)32(8)18-13-21(3)22-11-14-28(7)24-10-9-23-26(4,5)25(31)12-15-29(23)19-30(24,29)17-16-27(22,28)6/h20-25,31H,9-19H2,1-8H3/q+1/t21-,22-,23+,24+,25+,27-,28+,29-,30+,32?/m1/s1. The summed E-state index contributed by atoms with van der Waals surface area (Å²) >= 11 is 0. The number of hydrogen-bond acceptors (Lipinski definition) is 1. The van der Waals surface area contributed by atoms with Crippen molar-refractivity contribution in [1.82, 2.24) is 0 Å². The van der Waals surface area contributed by atoms with E-state index < -0.39 is 0 Å². The molecule has 0 radical (unpaired) electrons. The number of aliphatic hydroxyl groups is 1. The third-order valence-electron chi connectivity index (χ3n) is 13.5. The lowest BCUT2D eigenvalue weighted by atomic mass is 9.42. The van der Waals surface area contributed by atoms with E-state index in [1.807, 2.05) is 0 Å². The van der Waals surface area contributed by atoms with Gasteiger partial charge in [-0.3, -0.25) is 0 Å². The average molecular weight is 462 g/mol. The molecular formula is C30H53OS+. The topological polar surface area (TPSA) is 20.2 Å². The smallest absolute Gasteiger partial charge is 0.112 e. The van der Waals surface area contributed by atoms with E-state index in [2.05, 4.69) is 54.7 Å². The molecule has 1 N–H and O–H groups in total. The van der Waals surface area contributed by atoms with E-state index in [0.717, 1.165) is 35.3 Å². The molecule has 0 aromatic heterocycles. The highest BCUT2D eigenvalue weighted by atomic mass is 32.2. The molecule has 0 bridgehead atoms. The molecule has 1 unspecified atom stereocenters. The van der Waals surface area contributed by atoms with Gasteiger partial charge in [-0.15, -0.1) is 0 Å². The summed E-state index contributed by atoms with van der Waals surface area (Å²) in [5, 5.41) is 11.7. The minimum absolute atomic E-state index is 0.0811. The SMILES string of the molecule is CC(C)[S+](C)CC[C@@H](C)[C@H]1CC[C@@]2(C)[C@@H]3CC[C@H]4C(C)(C)[C@@H](O)CC[C@@]45C[C@@]35CC[C@]12C. The Morgan fingerprint density at radius 2 is 1.47 bits per heavy atom. The molecule has 0 saturated heterocycles. The fourth-order valence-corrected chi connectivity index (χ4v) is 12.3. The highest BCUT2D eigenvalue weighted by Crippen LogP contribution is 2.89. The van der Waals surface area contributed by atoms with Crippen molar-refractivity contribution in [3.63, 3.8) is 0 Å². The van der Waals surface area contributed by atoms with Crippen LogP contribution in [0.2, 0.25) is 0 Å². The minimum atomic E-state index is -0.0811. The summed E-state index contributed by atoms with van der Waals surface area (Å²) < 4.78 is 0. The summed E-state index contributed by atoms with van der Waals surface area (Å²) in [5.41, 5.74) is 2.43. The van der Waals surface area contributed by atoms with Crippen LogP contribution in [0.3, 0.4) is 0 Å². The van der Waals surface area contributed by atoms with E-state index in [0.29, 0.717) is 32.6 Å². The first-order valence-electron chi connectivity index (χ1n) is 14.2. The molecule has 2 heteroatoms. The van der Waals surface area contributed by atoms with Crippen LogP contribution in [0, 0.1) is 50.7 Å². The molecule has 5 fully saturated rings. The van der Waals surface area contributed by atoms with Gasteiger partial charge in [-0.05, 0) is 140 Å². The van der Waals surface area contributed by atoms with Gasteiger partial charge in [0.25, 0.3) is 0 Å². The van der Waals surface area contributed by atoms with E-state index in [4.69, 9.17) is 0 Å².